The van der Waals surface area contributed by atoms with E-state index in [1.54, 1.807) is 13.2 Å². The molecule has 0 bridgehead atoms. The van der Waals surface area contributed by atoms with Gasteiger partial charge in [-0.25, -0.2) is 0 Å². The Hall–Kier alpha value is -2.16. The summed E-state index contributed by atoms with van der Waals surface area (Å²) in [5.74, 6) is 1.07. The number of hydrogen-bond donors (Lipinski definition) is 2. The molecular weight excluding hydrogens is 250 g/mol. The van der Waals surface area contributed by atoms with E-state index in [1.165, 1.54) is 0 Å². The number of anilines is 1. The molecule has 0 radical (unpaired) electrons. The van der Waals surface area contributed by atoms with E-state index in [0.29, 0.717) is 5.69 Å². The van der Waals surface area contributed by atoms with E-state index in [-0.39, 0.29) is 5.75 Å². The van der Waals surface area contributed by atoms with Gasteiger partial charge < -0.3 is 15.6 Å². The molecule has 0 aliphatic heterocycles. The molecular formula is C17H21NO2. The van der Waals surface area contributed by atoms with Crippen LogP contribution in [0.3, 0.4) is 0 Å². The molecule has 3 heteroatoms. The highest BCUT2D eigenvalue weighted by atomic mass is 16.5. The highest BCUT2D eigenvalue weighted by molar-refractivity contribution is 5.87. The summed E-state index contributed by atoms with van der Waals surface area (Å²) in [6.45, 7) is 7.87. The number of ether oxygens (including phenoxy) is 1. The third-order valence-electron chi connectivity index (χ3n) is 3.65. The molecule has 0 saturated heterocycles. The van der Waals surface area contributed by atoms with Gasteiger partial charge in [0.2, 0.25) is 0 Å². The average Bonchev–Trinajstić information content (AvgIpc) is 2.32. The lowest BCUT2D eigenvalue weighted by atomic mass is 9.91. The highest BCUT2D eigenvalue weighted by Gasteiger charge is 2.18. The number of benzene rings is 2. The van der Waals surface area contributed by atoms with E-state index in [4.69, 9.17) is 10.5 Å². The Morgan fingerprint density at radius 3 is 2.15 bits per heavy atom. The molecule has 0 unspecified atom stereocenters. The first kappa shape index (κ1) is 14.3. The summed E-state index contributed by atoms with van der Waals surface area (Å²) in [6.07, 6.45) is 0. The van der Waals surface area contributed by atoms with Crippen molar-refractivity contribution in [2.75, 3.05) is 12.8 Å². The number of aryl methyl sites for hydroxylation is 3. The summed E-state index contributed by atoms with van der Waals surface area (Å²) in [4.78, 5) is 0. The van der Waals surface area contributed by atoms with Crippen LogP contribution >= 0.6 is 0 Å². The van der Waals surface area contributed by atoms with Crippen LogP contribution in [0.1, 0.15) is 22.3 Å². The smallest absolute Gasteiger partial charge is 0.125 e. The molecule has 0 amide bonds. The first-order valence-corrected chi connectivity index (χ1v) is 6.61. The number of rotatable bonds is 2. The SMILES string of the molecule is COc1c(C)cc(N)c(-c2c(C)cc(C)cc2O)c1C. The maximum Gasteiger partial charge on any atom is 0.125 e. The minimum Gasteiger partial charge on any atom is -0.507 e. The number of nitrogens with two attached hydrogens (primary N) is 1. The second kappa shape index (κ2) is 5.08. The lowest BCUT2D eigenvalue weighted by Gasteiger charge is -2.19. The normalized spacial score (nSPS) is 10.7. The summed E-state index contributed by atoms with van der Waals surface area (Å²) in [5.41, 5.74) is 12.5. The molecule has 0 spiro atoms. The van der Waals surface area contributed by atoms with E-state index in [0.717, 1.165) is 39.1 Å². The maximum atomic E-state index is 10.3. The largest absolute Gasteiger partial charge is 0.507 e. The zero-order chi connectivity index (χ0) is 15.0. The molecule has 2 aromatic carbocycles. The van der Waals surface area contributed by atoms with Gasteiger partial charge in [-0.3, -0.25) is 0 Å². The van der Waals surface area contributed by atoms with Crippen LogP contribution in [-0.4, -0.2) is 12.2 Å². The maximum absolute atomic E-state index is 10.3. The zero-order valence-electron chi connectivity index (χ0n) is 12.7. The van der Waals surface area contributed by atoms with Crippen molar-refractivity contribution in [3.63, 3.8) is 0 Å². The van der Waals surface area contributed by atoms with Gasteiger partial charge in [0.1, 0.15) is 11.5 Å². The van der Waals surface area contributed by atoms with Crippen molar-refractivity contribution in [2.45, 2.75) is 27.7 Å². The van der Waals surface area contributed by atoms with E-state index in [1.807, 2.05) is 39.8 Å². The monoisotopic (exact) mass is 271 g/mol. The van der Waals surface area contributed by atoms with Crippen LogP contribution in [0.4, 0.5) is 5.69 Å². The van der Waals surface area contributed by atoms with Gasteiger partial charge in [0, 0.05) is 22.4 Å². The Bertz CT molecular complexity index is 652. The molecule has 2 rings (SSSR count). The molecule has 0 aliphatic carbocycles. The Labute approximate surface area is 120 Å². The van der Waals surface area contributed by atoms with Gasteiger partial charge in [-0.2, -0.15) is 0 Å². The molecule has 0 heterocycles. The average molecular weight is 271 g/mol. The summed E-state index contributed by atoms with van der Waals surface area (Å²) in [6, 6.07) is 5.69. The molecule has 2 aromatic rings. The van der Waals surface area contributed by atoms with Crippen LogP contribution in [0.15, 0.2) is 18.2 Å². The lowest BCUT2D eigenvalue weighted by molar-refractivity contribution is 0.409. The van der Waals surface area contributed by atoms with Gasteiger partial charge in [0.05, 0.1) is 7.11 Å². The number of aromatic hydroxyl groups is 1. The fourth-order valence-electron chi connectivity index (χ4n) is 2.91. The van der Waals surface area contributed by atoms with Gasteiger partial charge in [-0.15, -0.1) is 0 Å². The molecule has 0 fully saturated rings. The van der Waals surface area contributed by atoms with Crippen LogP contribution in [0.2, 0.25) is 0 Å². The first-order valence-electron chi connectivity index (χ1n) is 6.61. The van der Waals surface area contributed by atoms with E-state index in [2.05, 4.69) is 0 Å². The van der Waals surface area contributed by atoms with Crippen molar-refractivity contribution in [2.24, 2.45) is 0 Å². The number of hydrogen-bond acceptors (Lipinski definition) is 3. The number of phenolic OH excluding ortho intramolecular Hbond substituents is 1. The quantitative estimate of drug-likeness (QED) is 0.815. The fourth-order valence-corrected chi connectivity index (χ4v) is 2.91. The molecule has 0 saturated carbocycles. The van der Waals surface area contributed by atoms with Crippen molar-refractivity contribution in [3.8, 4) is 22.6 Å². The van der Waals surface area contributed by atoms with Crippen LogP contribution in [0.25, 0.3) is 11.1 Å². The minimum atomic E-state index is 0.253. The molecule has 20 heavy (non-hydrogen) atoms. The standard InChI is InChI=1S/C17H21NO2/c1-9-6-10(2)15(14(19)7-9)16-12(4)17(20-5)11(3)8-13(16)18/h6-8,19H,18H2,1-5H3. The van der Waals surface area contributed by atoms with E-state index >= 15 is 0 Å². The lowest BCUT2D eigenvalue weighted by Crippen LogP contribution is -2.00. The van der Waals surface area contributed by atoms with Crippen molar-refractivity contribution in [1.82, 2.24) is 0 Å². The Morgan fingerprint density at radius 1 is 0.950 bits per heavy atom. The summed E-state index contributed by atoms with van der Waals surface area (Å²) in [7, 11) is 1.65. The van der Waals surface area contributed by atoms with Gasteiger partial charge in [0.25, 0.3) is 0 Å². The van der Waals surface area contributed by atoms with E-state index in [9.17, 15) is 5.11 Å². The Kier molecular flexibility index (Phi) is 3.62. The minimum absolute atomic E-state index is 0.253. The number of phenols is 1. The van der Waals surface area contributed by atoms with Gasteiger partial charge >= 0.3 is 0 Å². The number of nitrogen functional groups attached to an aromatic ring is 1. The Morgan fingerprint density at radius 2 is 1.60 bits per heavy atom. The molecule has 0 atom stereocenters. The molecule has 3 N–H and O–H groups in total. The van der Waals surface area contributed by atoms with Crippen LogP contribution in [0, 0.1) is 27.7 Å². The first-order chi connectivity index (χ1) is 9.36. The fraction of sp³-hybridized carbons (Fsp3) is 0.294. The second-order valence-corrected chi connectivity index (χ2v) is 5.29. The predicted molar refractivity (Wildman–Crippen MR) is 83.5 cm³/mol. The number of methoxy groups -OCH3 is 1. The molecule has 3 nitrogen and oxygen atoms in total. The van der Waals surface area contributed by atoms with Crippen molar-refractivity contribution in [1.29, 1.82) is 0 Å². The Balaban J connectivity index is 2.83. The third-order valence-corrected chi connectivity index (χ3v) is 3.65. The molecule has 106 valence electrons. The van der Waals surface area contributed by atoms with Crippen LogP contribution < -0.4 is 10.5 Å². The zero-order valence-corrected chi connectivity index (χ0v) is 12.7. The van der Waals surface area contributed by atoms with Gasteiger partial charge in [-0.05, 0) is 56.5 Å². The van der Waals surface area contributed by atoms with E-state index < -0.39 is 0 Å². The third kappa shape index (κ3) is 2.20. The van der Waals surface area contributed by atoms with Crippen molar-refractivity contribution >= 4 is 5.69 Å². The van der Waals surface area contributed by atoms with Crippen molar-refractivity contribution in [3.05, 3.63) is 40.5 Å². The summed E-state index contributed by atoms with van der Waals surface area (Å²) < 4.78 is 5.46. The van der Waals surface area contributed by atoms with Crippen molar-refractivity contribution < 1.29 is 9.84 Å². The van der Waals surface area contributed by atoms with Crippen LogP contribution in [-0.2, 0) is 0 Å². The molecule has 0 aliphatic rings. The topological polar surface area (TPSA) is 55.5 Å². The van der Waals surface area contributed by atoms with Gasteiger partial charge in [0.15, 0.2) is 0 Å². The van der Waals surface area contributed by atoms with Gasteiger partial charge in [-0.1, -0.05) is 6.07 Å². The summed E-state index contributed by atoms with van der Waals surface area (Å²) >= 11 is 0. The summed E-state index contributed by atoms with van der Waals surface area (Å²) in [5, 5.41) is 10.3. The highest BCUT2D eigenvalue weighted by Crippen LogP contribution is 2.43. The molecule has 0 aromatic heterocycles. The predicted octanol–water partition coefficient (Wildman–Crippen LogP) is 3.88. The second-order valence-electron chi connectivity index (χ2n) is 5.29. The van der Waals surface area contributed by atoms with Crippen LogP contribution in [0.5, 0.6) is 11.5 Å².